The quantitative estimate of drug-likeness (QED) is 0.304. The Morgan fingerprint density at radius 3 is 1.67 bits per heavy atom. The van der Waals surface area contributed by atoms with Crippen LogP contribution in [0.5, 0.6) is 0 Å². The van der Waals surface area contributed by atoms with Crippen molar-refractivity contribution in [3.8, 4) is 0 Å². The molecule has 6 heteroatoms. The Bertz CT molecular complexity index is 1810. The van der Waals surface area contributed by atoms with E-state index in [4.69, 9.17) is 0 Å². The number of benzene rings is 4. The van der Waals surface area contributed by atoms with E-state index in [9.17, 15) is 14.4 Å². The Morgan fingerprint density at radius 2 is 1.15 bits per heavy atom. The maximum Gasteiger partial charge on any atom is 0.269 e. The zero-order valence-corrected chi connectivity index (χ0v) is 22.0. The average molecular weight is 529 g/mol. The minimum absolute atomic E-state index is 0.0801. The van der Waals surface area contributed by atoms with Gasteiger partial charge in [0.15, 0.2) is 0 Å². The molecule has 5 aromatic rings. The summed E-state index contributed by atoms with van der Waals surface area (Å²) in [6.07, 6.45) is 1.82. The SMILES string of the molecule is CCn1c(=C2C(=O)c3ccccc3C2=O)s/c(=C\c2ccc(N(c3ccccc3)c3ccccc3)cc2)c1=O. The van der Waals surface area contributed by atoms with E-state index in [1.165, 1.54) is 15.9 Å². The Hall–Kier alpha value is -4.81. The molecular weight excluding hydrogens is 504 g/mol. The molecule has 0 bridgehead atoms. The molecule has 5 nitrogen and oxygen atoms in total. The molecule has 0 saturated heterocycles. The minimum Gasteiger partial charge on any atom is -0.311 e. The summed E-state index contributed by atoms with van der Waals surface area (Å²) in [5, 5.41) is 0. The first-order valence-corrected chi connectivity index (χ1v) is 13.5. The molecule has 0 saturated carbocycles. The van der Waals surface area contributed by atoms with Crippen LogP contribution in [-0.2, 0) is 6.54 Å². The fraction of sp³-hybridized carbons (Fsp3) is 0.0606. The van der Waals surface area contributed by atoms with Gasteiger partial charge in [-0.2, -0.15) is 0 Å². The van der Waals surface area contributed by atoms with Crippen LogP contribution in [0.25, 0.3) is 11.6 Å². The number of hydrogen-bond acceptors (Lipinski definition) is 5. The highest BCUT2D eigenvalue weighted by molar-refractivity contribution is 7.08. The van der Waals surface area contributed by atoms with Gasteiger partial charge >= 0.3 is 0 Å². The maximum atomic E-state index is 13.3. The summed E-state index contributed by atoms with van der Waals surface area (Å²) in [7, 11) is 0. The molecule has 0 fully saturated rings. The van der Waals surface area contributed by atoms with Crippen molar-refractivity contribution in [2.75, 3.05) is 4.90 Å². The number of Topliss-reactive ketones (excluding diaryl/α,β-unsaturated/α-hetero) is 2. The Morgan fingerprint density at radius 1 is 0.667 bits per heavy atom. The molecule has 190 valence electrons. The van der Waals surface area contributed by atoms with Crippen LogP contribution in [0.1, 0.15) is 33.2 Å². The molecule has 1 aliphatic carbocycles. The van der Waals surface area contributed by atoms with Crippen molar-refractivity contribution in [3.63, 3.8) is 0 Å². The van der Waals surface area contributed by atoms with Crippen molar-refractivity contribution in [1.29, 1.82) is 0 Å². The molecule has 39 heavy (non-hydrogen) atoms. The van der Waals surface area contributed by atoms with Crippen molar-refractivity contribution in [1.82, 2.24) is 4.57 Å². The largest absolute Gasteiger partial charge is 0.311 e. The number of ketones is 2. The number of carbonyl (C=O) groups is 2. The summed E-state index contributed by atoms with van der Waals surface area (Å²) in [6.45, 7) is 2.20. The van der Waals surface area contributed by atoms with Crippen LogP contribution in [0.2, 0.25) is 0 Å². The fourth-order valence-corrected chi connectivity index (χ4v) is 6.12. The molecule has 0 radical (unpaired) electrons. The van der Waals surface area contributed by atoms with E-state index in [-0.39, 0.29) is 22.7 Å². The van der Waals surface area contributed by atoms with Gasteiger partial charge in [0.2, 0.25) is 11.6 Å². The van der Waals surface area contributed by atoms with Gasteiger partial charge in [-0.1, -0.05) is 72.8 Å². The molecule has 0 N–H and O–H groups in total. The smallest absolute Gasteiger partial charge is 0.269 e. The third-order valence-electron chi connectivity index (χ3n) is 6.79. The van der Waals surface area contributed by atoms with Gasteiger partial charge in [-0.05, 0) is 55.0 Å². The number of hydrogen-bond donors (Lipinski definition) is 0. The standard InChI is InChI=1S/C33H24N2O3S/c1-2-34-32(38)28(39-33(34)29-30(36)26-15-9-10-16-27(26)31(29)37)21-22-17-19-25(20-18-22)35(23-11-5-3-6-12-23)24-13-7-4-8-14-24/h3-21H,2H2,1H3/b28-21-. The van der Waals surface area contributed by atoms with Crippen LogP contribution in [0, 0.1) is 0 Å². The zero-order valence-electron chi connectivity index (χ0n) is 21.2. The van der Waals surface area contributed by atoms with Crippen LogP contribution in [0.4, 0.5) is 17.1 Å². The Balaban J connectivity index is 1.43. The number of fused-ring (bicyclic) bond motifs is 1. The van der Waals surface area contributed by atoms with Crippen molar-refractivity contribution < 1.29 is 9.59 Å². The van der Waals surface area contributed by atoms with Gasteiger partial charge in [0.1, 0.15) is 10.2 Å². The predicted octanol–water partition coefficient (Wildman–Crippen LogP) is 5.46. The monoisotopic (exact) mass is 528 g/mol. The third-order valence-corrected chi connectivity index (χ3v) is 7.92. The highest BCUT2D eigenvalue weighted by atomic mass is 32.1. The lowest BCUT2D eigenvalue weighted by Gasteiger charge is -2.25. The van der Waals surface area contributed by atoms with Gasteiger partial charge in [0, 0.05) is 34.7 Å². The molecule has 0 spiro atoms. The first-order chi connectivity index (χ1) is 19.1. The summed E-state index contributed by atoms with van der Waals surface area (Å²) in [4.78, 5) is 41.7. The van der Waals surface area contributed by atoms with Crippen LogP contribution < -0.4 is 19.7 Å². The summed E-state index contributed by atoms with van der Waals surface area (Å²) in [5.41, 5.74) is 4.57. The number of thiazole rings is 1. The van der Waals surface area contributed by atoms with Gasteiger partial charge in [-0.15, -0.1) is 11.3 Å². The minimum atomic E-state index is -0.322. The van der Waals surface area contributed by atoms with Gasteiger partial charge in [0.25, 0.3) is 5.56 Å². The van der Waals surface area contributed by atoms with Gasteiger partial charge in [0.05, 0.1) is 4.53 Å². The summed E-state index contributed by atoms with van der Waals surface area (Å²) >= 11 is 1.19. The molecular formula is C33H24N2O3S. The lowest BCUT2D eigenvalue weighted by molar-refractivity contribution is 0.102. The van der Waals surface area contributed by atoms with Crippen molar-refractivity contribution in [2.45, 2.75) is 13.5 Å². The third kappa shape index (κ3) is 4.35. The van der Waals surface area contributed by atoms with Gasteiger partial charge < -0.3 is 4.90 Å². The number of rotatable bonds is 5. The second-order valence-electron chi connectivity index (χ2n) is 9.14. The topological polar surface area (TPSA) is 59.4 Å². The first kappa shape index (κ1) is 24.5. The predicted molar refractivity (Wildman–Crippen MR) is 157 cm³/mol. The van der Waals surface area contributed by atoms with E-state index < -0.39 is 0 Å². The molecule has 0 unspecified atom stereocenters. The molecule has 6 rings (SSSR count). The molecule has 1 heterocycles. The fourth-order valence-electron chi connectivity index (χ4n) is 4.91. The van der Waals surface area contributed by atoms with Gasteiger partial charge in [-0.25, -0.2) is 0 Å². The Labute approximate surface area is 229 Å². The number of nitrogens with zero attached hydrogens (tertiary/aromatic N) is 2. The maximum absolute atomic E-state index is 13.3. The molecule has 0 amide bonds. The average Bonchev–Trinajstić information content (AvgIpc) is 3.42. The van der Waals surface area contributed by atoms with E-state index >= 15 is 0 Å². The summed E-state index contributed by atoms with van der Waals surface area (Å²) < 4.78 is 2.41. The normalized spacial score (nSPS) is 13.2. The highest BCUT2D eigenvalue weighted by Gasteiger charge is 2.34. The van der Waals surface area contributed by atoms with Crippen LogP contribution in [-0.4, -0.2) is 16.1 Å². The van der Waals surface area contributed by atoms with E-state index in [2.05, 4.69) is 29.2 Å². The van der Waals surface area contributed by atoms with E-state index in [1.807, 2.05) is 73.7 Å². The van der Waals surface area contributed by atoms with Crippen molar-refractivity contribution in [2.24, 2.45) is 0 Å². The van der Waals surface area contributed by atoms with Crippen LogP contribution in [0.3, 0.4) is 0 Å². The number of anilines is 3. The van der Waals surface area contributed by atoms with Gasteiger partial charge in [-0.3, -0.25) is 19.0 Å². The molecule has 0 aliphatic heterocycles. The Kier molecular flexibility index (Phi) is 6.39. The number of para-hydroxylation sites is 2. The van der Waals surface area contributed by atoms with Crippen molar-refractivity contribution >= 4 is 51.6 Å². The van der Waals surface area contributed by atoms with E-state index in [0.29, 0.717) is 26.9 Å². The van der Waals surface area contributed by atoms with E-state index in [1.54, 1.807) is 24.3 Å². The zero-order chi connectivity index (χ0) is 26.9. The number of aromatic nitrogens is 1. The van der Waals surface area contributed by atoms with Crippen molar-refractivity contribution in [3.05, 3.63) is 145 Å². The lowest BCUT2D eigenvalue weighted by atomic mass is 10.1. The molecule has 0 atom stereocenters. The molecule has 4 aromatic carbocycles. The lowest BCUT2D eigenvalue weighted by Crippen LogP contribution is -2.32. The second-order valence-corrected chi connectivity index (χ2v) is 10.2. The first-order valence-electron chi connectivity index (χ1n) is 12.7. The number of carbonyl (C=O) groups excluding carboxylic acids is 2. The summed E-state index contributed by atoms with van der Waals surface area (Å²) in [6, 6.07) is 35.1. The highest BCUT2D eigenvalue weighted by Crippen LogP contribution is 2.34. The van der Waals surface area contributed by atoms with Crippen LogP contribution >= 0.6 is 11.3 Å². The second kappa shape index (κ2) is 10.2. The summed E-state index contributed by atoms with van der Waals surface area (Å²) in [5.74, 6) is -0.645. The molecule has 1 aliphatic rings. The van der Waals surface area contributed by atoms with Crippen LogP contribution in [0.15, 0.2) is 114 Å². The molecule has 1 aromatic heterocycles. The van der Waals surface area contributed by atoms with E-state index in [0.717, 1.165) is 22.6 Å².